The lowest BCUT2D eigenvalue weighted by Crippen LogP contribution is -2.11. The van der Waals surface area contributed by atoms with Gasteiger partial charge in [-0.2, -0.15) is 0 Å². The molecule has 0 aliphatic heterocycles. The fourth-order valence-electron chi connectivity index (χ4n) is 1.90. The van der Waals surface area contributed by atoms with Crippen LogP contribution in [0.2, 0.25) is 0 Å². The summed E-state index contributed by atoms with van der Waals surface area (Å²) < 4.78 is 12.6. The molecular weight excluding hydrogens is 256 g/mol. The molecule has 2 aromatic rings. The number of hydrogen-bond acceptors (Lipinski definition) is 5. The number of ether oxygens (including phenoxy) is 2. The molecule has 0 radical (unpaired) electrons. The van der Waals surface area contributed by atoms with Crippen molar-refractivity contribution in [2.45, 2.75) is 19.9 Å². The molecule has 0 spiro atoms. The highest BCUT2D eigenvalue weighted by atomic mass is 16.5. The topological polar surface area (TPSA) is 75.2 Å². The first kappa shape index (κ1) is 14.3. The van der Waals surface area contributed by atoms with Crippen LogP contribution < -0.4 is 15.2 Å². The molecular formula is C14H20N4O2. The molecule has 0 aliphatic rings. The minimum Gasteiger partial charge on any atom is -0.497 e. The van der Waals surface area contributed by atoms with Crippen molar-refractivity contribution in [1.82, 2.24) is 15.0 Å². The number of benzene rings is 1. The van der Waals surface area contributed by atoms with Crippen LogP contribution >= 0.6 is 0 Å². The third kappa shape index (κ3) is 3.48. The van der Waals surface area contributed by atoms with Gasteiger partial charge in [-0.05, 0) is 37.7 Å². The smallest absolute Gasteiger partial charge is 0.119 e. The number of methoxy groups -OCH3 is 1. The quantitative estimate of drug-likeness (QED) is 0.821. The predicted octanol–water partition coefficient (Wildman–Crippen LogP) is 1.18. The van der Waals surface area contributed by atoms with Crippen molar-refractivity contribution in [3.05, 3.63) is 35.7 Å². The van der Waals surface area contributed by atoms with Gasteiger partial charge >= 0.3 is 0 Å². The van der Waals surface area contributed by atoms with E-state index in [-0.39, 0.29) is 0 Å². The zero-order valence-corrected chi connectivity index (χ0v) is 11.9. The molecule has 2 rings (SSSR count). The molecule has 2 N–H and O–H groups in total. The number of nitrogens with zero attached hydrogens (tertiary/aromatic N) is 3. The Morgan fingerprint density at radius 2 is 1.90 bits per heavy atom. The zero-order chi connectivity index (χ0) is 14.4. The first-order valence-corrected chi connectivity index (χ1v) is 6.60. The Bertz CT molecular complexity index is 537. The number of aromatic nitrogens is 3. The molecule has 1 aromatic heterocycles. The van der Waals surface area contributed by atoms with Crippen LogP contribution in [0.4, 0.5) is 0 Å². The van der Waals surface area contributed by atoms with Crippen molar-refractivity contribution in [3.63, 3.8) is 0 Å². The predicted molar refractivity (Wildman–Crippen MR) is 76.0 cm³/mol. The normalized spacial score (nSPS) is 10.6. The lowest BCUT2D eigenvalue weighted by atomic mass is 10.2. The number of rotatable bonds is 7. The summed E-state index contributed by atoms with van der Waals surface area (Å²) >= 11 is 0. The number of hydrogen-bond donors (Lipinski definition) is 1. The summed E-state index contributed by atoms with van der Waals surface area (Å²) in [5, 5.41) is 8.22. The van der Waals surface area contributed by atoms with E-state index in [9.17, 15) is 0 Å². The Morgan fingerprint density at radius 3 is 2.55 bits per heavy atom. The van der Waals surface area contributed by atoms with Gasteiger partial charge in [-0.1, -0.05) is 5.21 Å². The Balaban J connectivity index is 1.86. The highest BCUT2D eigenvalue weighted by Crippen LogP contribution is 2.17. The van der Waals surface area contributed by atoms with Gasteiger partial charge in [0.05, 0.1) is 25.0 Å². The van der Waals surface area contributed by atoms with Gasteiger partial charge in [-0.15, -0.1) is 5.10 Å². The van der Waals surface area contributed by atoms with Crippen LogP contribution in [-0.2, 0) is 13.0 Å². The van der Waals surface area contributed by atoms with Crippen LogP contribution in [0.3, 0.4) is 0 Å². The first-order valence-electron chi connectivity index (χ1n) is 6.60. The van der Waals surface area contributed by atoms with E-state index in [0.29, 0.717) is 19.7 Å². The van der Waals surface area contributed by atoms with Crippen molar-refractivity contribution < 1.29 is 9.47 Å². The molecule has 108 valence electrons. The van der Waals surface area contributed by atoms with Crippen molar-refractivity contribution in [2.75, 3.05) is 20.3 Å². The van der Waals surface area contributed by atoms with Crippen LogP contribution in [0.25, 0.3) is 0 Å². The Kier molecular flexibility index (Phi) is 4.95. The van der Waals surface area contributed by atoms with Crippen LogP contribution in [0.15, 0.2) is 24.3 Å². The molecule has 1 heterocycles. The standard InChI is InChI=1S/C14H20N4O2/c1-11-14(7-8-15)16-17-18(11)9-10-20-13-5-3-12(19-2)4-6-13/h3-6H,7-10,15H2,1-2H3. The van der Waals surface area contributed by atoms with Gasteiger partial charge < -0.3 is 15.2 Å². The summed E-state index contributed by atoms with van der Waals surface area (Å²) in [6.45, 7) is 3.79. The maximum Gasteiger partial charge on any atom is 0.119 e. The lowest BCUT2D eigenvalue weighted by molar-refractivity contribution is 0.287. The maximum absolute atomic E-state index is 5.66. The third-order valence-corrected chi connectivity index (χ3v) is 3.09. The molecule has 0 bridgehead atoms. The van der Waals surface area contributed by atoms with E-state index in [0.717, 1.165) is 29.3 Å². The van der Waals surface area contributed by atoms with Crippen LogP contribution in [0.5, 0.6) is 11.5 Å². The summed E-state index contributed by atoms with van der Waals surface area (Å²) in [5.41, 5.74) is 7.53. The second-order valence-electron chi connectivity index (χ2n) is 4.41. The summed E-state index contributed by atoms with van der Waals surface area (Å²) in [5.74, 6) is 1.63. The van der Waals surface area contributed by atoms with E-state index >= 15 is 0 Å². The Morgan fingerprint density at radius 1 is 1.20 bits per heavy atom. The average Bonchev–Trinajstić information content (AvgIpc) is 2.82. The zero-order valence-electron chi connectivity index (χ0n) is 11.9. The van der Waals surface area contributed by atoms with Crippen molar-refractivity contribution in [1.29, 1.82) is 0 Å². The molecule has 20 heavy (non-hydrogen) atoms. The van der Waals surface area contributed by atoms with Crippen molar-refractivity contribution in [2.24, 2.45) is 5.73 Å². The molecule has 6 nitrogen and oxygen atoms in total. The lowest BCUT2D eigenvalue weighted by Gasteiger charge is -2.08. The molecule has 1 aromatic carbocycles. The van der Waals surface area contributed by atoms with E-state index in [4.69, 9.17) is 15.2 Å². The fourth-order valence-corrected chi connectivity index (χ4v) is 1.90. The molecule has 0 aliphatic carbocycles. The Hall–Kier alpha value is -2.08. The third-order valence-electron chi connectivity index (χ3n) is 3.09. The molecule has 0 amide bonds. The van der Waals surface area contributed by atoms with Gasteiger partial charge in [0, 0.05) is 6.42 Å². The first-order chi connectivity index (χ1) is 9.74. The largest absolute Gasteiger partial charge is 0.497 e. The summed E-state index contributed by atoms with van der Waals surface area (Å²) in [6, 6.07) is 7.50. The van der Waals surface area contributed by atoms with Gasteiger partial charge in [-0.3, -0.25) is 0 Å². The molecule has 0 fully saturated rings. The van der Waals surface area contributed by atoms with Crippen molar-refractivity contribution >= 4 is 0 Å². The minimum atomic E-state index is 0.540. The second kappa shape index (κ2) is 6.91. The molecule has 0 saturated heterocycles. The summed E-state index contributed by atoms with van der Waals surface area (Å²) in [6.07, 6.45) is 0.755. The maximum atomic E-state index is 5.66. The van der Waals surface area contributed by atoms with E-state index in [1.165, 1.54) is 0 Å². The van der Waals surface area contributed by atoms with Crippen LogP contribution in [-0.4, -0.2) is 35.3 Å². The second-order valence-corrected chi connectivity index (χ2v) is 4.41. The minimum absolute atomic E-state index is 0.540. The van der Waals surface area contributed by atoms with Gasteiger partial charge in [0.15, 0.2) is 0 Å². The summed E-state index contributed by atoms with van der Waals surface area (Å²) in [7, 11) is 1.64. The number of nitrogens with two attached hydrogens (primary N) is 1. The van der Waals surface area contributed by atoms with Gasteiger partial charge in [0.1, 0.15) is 18.1 Å². The summed E-state index contributed by atoms with van der Waals surface area (Å²) in [4.78, 5) is 0. The van der Waals surface area contributed by atoms with E-state index < -0.39 is 0 Å². The van der Waals surface area contributed by atoms with E-state index in [1.807, 2.05) is 35.9 Å². The van der Waals surface area contributed by atoms with E-state index in [2.05, 4.69) is 10.3 Å². The highest BCUT2D eigenvalue weighted by molar-refractivity contribution is 5.31. The average molecular weight is 276 g/mol. The monoisotopic (exact) mass is 276 g/mol. The molecule has 6 heteroatoms. The van der Waals surface area contributed by atoms with Gasteiger partial charge in [0.25, 0.3) is 0 Å². The van der Waals surface area contributed by atoms with Gasteiger partial charge in [-0.25, -0.2) is 4.68 Å². The van der Waals surface area contributed by atoms with Gasteiger partial charge in [0.2, 0.25) is 0 Å². The SMILES string of the molecule is COc1ccc(OCCn2nnc(CCN)c2C)cc1. The highest BCUT2D eigenvalue weighted by Gasteiger charge is 2.07. The van der Waals surface area contributed by atoms with E-state index in [1.54, 1.807) is 7.11 Å². The fraction of sp³-hybridized carbons (Fsp3) is 0.429. The molecule has 0 saturated carbocycles. The van der Waals surface area contributed by atoms with Crippen molar-refractivity contribution in [3.8, 4) is 11.5 Å². The molecule has 0 unspecified atom stereocenters. The van der Waals surface area contributed by atoms with Crippen LogP contribution in [0, 0.1) is 6.92 Å². The molecule has 0 atom stereocenters. The Labute approximate surface area is 118 Å². The van der Waals surface area contributed by atoms with Crippen LogP contribution in [0.1, 0.15) is 11.4 Å².